The molecule has 6 rings (SSSR count). The van der Waals surface area contributed by atoms with Crippen LogP contribution < -0.4 is 0 Å². The number of rotatable bonds is 4. The number of hydrogen-bond acceptors (Lipinski definition) is 5. The quantitative estimate of drug-likeness (QED) is 0.648. The van der Waals surface area contributed by atoms with Gasteiger partial charge in [0.2, 0.25) is 0 Å². The molecule has 0 aromatic carbocycles. The monoisotopic (exact) mass is 454 g/mol. The number of carbonyl (C=O) groups is 2. The highest BCUT2D eigenvalue weighted by molar-refractivity contribution is 5.92. The van der Waals surface area contributed by atoms with Crippen molar-refractivity contribution in [1.82, 2.24) is 0 Å². The molecule has 0 unspecified atom stereocenters. The Morgan fingerprint density at radius 2 is 2.03 bits per heavy atom. The third kappa shape index (κ3) is 2.62. The Labute approximate surface area is 194 Å². The summed E-state index contributed by atoms with van der Waals surface area (Å²) in [6.45, 7) is 6.41. The van der Waals surface area contributed by atoms with E-state index in [4.69, 9.17) is 9.15 Å². The molecule has 33 heavy (non-hydrogen) atoms. The lowest BCUT2D eigenvalue weighted by molar-refractivity contribution is -0.144. The minimum atomic E-state index is -1.00. The largest absolute Gasteiger partial charge is 0.481 e. The summed E-state index contributed by atoms with van der Waals surface area (Å²) in [4.78, 5) is 23.8. The van der Waals surface area contributed by atoms with Gasteiger partial charge in [0, 0.05) is 35.5 Å². The minimum absolute atomic E-state index is 0.0127. The standard InChI is InChI=1S/C27H34O6/c1-15-4-5-20(32-15)18-13-16-12-17(28)6-9-24(16,2)27-21(33-27)14-25(3)19(23(18)27)7-10-26(25,31)11-8-22(29)30/h4-5,12,18-19,21,23,31H,6-11,13-14H2,1-3H3,(H,29,30)/t18-,19-,21+,23-,24-,25-,26+,27+/m0/s1. The molecule has 0 radical (unpaired) electrons. The Morgan fingerprint density at radius 1 is 1.24 bits per heavy atom. The van der Waals surface area contributed by atoms with E-state index in [0.29, 0.717) is 12.8 Å². The van der Waals surface area contributed by atoms with Crippen molar-refractivity contribution in [3.63, 3.8) is 0 Å². The fourth-order valence-corrected chi connectivity index (χ4v) is 8.77. The molecule has 6 heteroatoms. The highest BCUT2D eigenvalue weighted by Crippen LogP contribution is 2.78. The number of ketones is 1. The van der Waals surface area contributed by atoms with Crippen molar-refractivity contribution in [2.45, 2.75) is 95.4 Å². The second-order valence-corrected chi connectivity index (χ2v) is 11.8. The predicted octanol–water partition coefficient (Wildman–Crippen LogP) is 4.54. The molecule has 1 spiro atoms. The normalized spacial score (nSPS) is 47.8. The molecule has 8 atom stereocenters. The number of fused-ring (bicyclic) bond motifs is 3. The molecular formula is C27H34O6. The van der Waals surface area contributed by atoms with Gasteiger partial charge in [0.05, 0.1) is 11.7 Å². The average Bonchev–Trinajstić information content (AvgIpc) is 3.21. The number of carboxylic acids is 1. The van der Waals surface area contributed by atoms with Gasteiger partial charge < -0.3 is 19.4 Å². The number of ether oxygens (including phenoxy) is 1. The minimum Gasteiger partial charge on any atom is -0.481 e. The van der Waals surface area contributed by atoms with Gasteiger partial charge in [0.1, 0.15) is 17.1 Å². The van der Waals surface area contributed by atoms with Crippen LogP contribution in [0.4, 0.5) is 0 Å². The number of aryl methyl sites for hydroxylation is 1. The summed E-state index contributed by atoms with van der Waals surface area (Å²) in [7, 11) is 0. The lowest BCUT2D eigenvalue weighted by Crippen LogP contribution is -2.61. The molecule has 1 aromatic heterocycles. The molecule has 2 heterocycles. The van der Waals surface area contributed by atoms with Gasteiger partial charge in [-0.1, -0.05) is 19.4 Å². The maximum absolute atomic E-state index is 12.4. The summed E-state index contributed by atoms with van der Waals surface area (Å²) in [5.74, 6) is 1.62. The first-order valence-corrected chi connectivity index (χ1v) is 12.5. The van der Waals surface area contributed by atoms with Crippen LogP contribution in [0.1, 0.15) is 82.7 Å². The molecular weight excluding hydrogens is 420 g/mol. The highest BCUT2D eigenvalue weighted by Gasteiger charge is 2.82. The van der Waals surface area contributed by atoms with Crippen LogP contribution in [-0.2, 0) is 14.3 Å². The predicted molar refractivity (Wildman–Crippen MR) is 120 cm³/mol. The Hall–Kier alpha value is -1.92. The lowest BCUT2D eigenvalue weighted by Gasteiger charge is -2.59. The summed E-state index contributed by atoms with van der Waals surface area (Å²) in [5, 5.41) is 21.1. The molecule has 3 saturated carbocycles. The van der Waals surface area contributed by atoms with Crippen molar-refractivity contribution in [1.29, 1.82) is 0 Å². The number of aliphatic carboxylic acids is 1. The Bertz CT molecular complexity index is 1070. The maximum atomic E-state index is 12.4. The fourth-order valence-electron chi connectivity index (χ4n) is 8.77. The number of carboxylic acid groups (broad SMARTS) is 1. The number of aliphatic hydroxyl groups is 1. The molecule has 1 aliphatic heterocycles. The maximum Gasteiger partial charge on any atom is 0.303 e. The second kappa shape index (κ2) is 6.60. The van der Waals surface area contributed by atoms with Crippen LogP contribution in [0.3, 0.4) is 0 Å². The van der Waals surface area contributed by atoms with E-state index in [2.05, 4.69) is 19.9 Å². The van der Waals surface area contributed by atoms with Gasteiger partial charge in [0.15, 0.2) is 5.78 Å². The van der Waals surface area contributed by atoms with Gasteiger partial charge in [-0.3, -0.25) is 9.59 Å². The van der Waals surface area contributed by atoms with E-state index in [0.717, 1.165) is 37.2 Å². The van der Waals surface area contributed by atoms with Crippen molar-refractivity contribution < 1.29 is 29.0 Å². The third-order valence-corrected chi connectivity index (χ3v) is 10.6. The van der Waals surface area contributed by atoms with Gasteiger partial charge in [-0.2, -0.15) is 0 Å². The van der Waals surface area contributed by atoms with Gasteiger partial charge in [-0.25, -0.2) is 0 Å². The SMILES string of the molecule is Cc1ccc([C@@H]2CC3=CC(=O)CC[C@]3(C)[C@@]34O[C@@H]3C[C@@]3(C)[C@@H](CC[C@@]3(O)CCC(=O)O)[C@H]24)o1. The number of carbonyl (C=O) groups excluding carboxylic acids is 1. The summed E-state index contributed by atoms with van der Waals surface area (Å²) >= 11 is 0. The summed E-state index contributed by atoms with van der Waals surface area (Å²) in [6.07, 6.45) is 6.52. The van der Waals surface area contributed by atoms with Gasteiger partial charge in [0.25, 0.3) is 0 Å². The van der Waals surface area contributed by atoms with E-state index in [9.17, 15) is 19.8 Å². The van der Waals surface area contributed by atoms with Crippen LogP contribution >= 0.6 is 0 Å². The number of epoxide rings is 1. The first-order valence-electron chi connectivity index (χ1n) is 12.5. The fraction of sp³-hybridized carbons (Fsp3) is 0.704. The second-order valence-electron chi connectivity index (χ2n) is 11.8. The number of hydrogen-bond donors (Lipinski definition) is 2. The molecule has 6 nitrogen and oxygen atoms in total. The van der Waals surface area contributed by atoms with Crippen LogP contribution in [0.25, 0.3) is 0 Å². The van der Waals surface area contributed by atoms with Crippen molar-refractivity contribution >= 4 is 11.8 Å². The van der Waals surface area contributed by atoms with Crippen LogP contribution in [0.5, 0.6) is 0 Å². The average molecular weight is 455 g/mol. The smallest absolute Gasteiger partial charge is 0.303 e. The Balaban J connectivity index is 1.47. The van der Waals surface area contributed by atoms with E-state index in [1.807, 2.05) is 19.1 Å². The third-order valence-electron chi connectivity index (χ3n) is 10.6. The van der Waals surface area contributed by atoms with Crippen LogP contribution in [0.2, 0.25) is 0 Å². The molecule has 0 amide bonds. The first-order chi connectivity index (χ1) is 15.5. The van der Waals surface area contributed by atoms with Crippen LogP contribution in [0, 0.1) is 29.6 Å². The van der Waals surface area contributed by atoms with Crippen molar-refractivity contribution in [2.75, 3.05) is 0 Å². The van der Waals surface area contributed by atoms with Gasteiger partial charge in [-0.05, 0) is 69.6 Å². The zero-order valence-corrected chi connectivity index (χ0v) is 19.7. The zero-order chi connectivity index (χ0) is 23.4. The molecule has 178 valence electrons. The Morgan fingerprint density at radius 3 is 2.73 bits per heavy atom. The molecule has 2 N–H and O–H groups in total. The molecule has 4 aliphatic carbocycles. The van der Waals surface area contributed by atoms with E-state index in [1.54, 1.807) is 0 Å². The van der Waals surface area contributed by atoms with E-state index < -0.39 is 17.0 Å². The Kier molecular flexibility index (Phi) is 4.32. The lowest BCUT2D eigenvalue weighted by atomic mass is 9.43. The van der Waals surface area contributed by atoms with Crippen LogP contribution in [-0.4, -0.2) is 39.3 Å². The molecule has 5 aliphatic rings. The summed E-state index contributed by atoms with van der Waals surface area (Å²) < 4.78 is 12.9. The van der Waals surface area contributed by atoms with Crippen molar-refractivity contribution in [3.05, 3.63) is 35.3 Å². The summed E-state index contributed by atoms with van der Waals surface area (Å²) in [6, 6.07) is 4.07. The highest BCUT2D eigenvalue weighted by atomic mass is 16.6. The van der Waals surface area contributed by atoms with E-state index in [1.165, 1.54) is 5.57 Å². The van der Waals surface area contributed by atoms with Gasteiger partial charge in [-0.15, -0.1) is 0 Å². The van der Waals surface area contributed by atoms with E-state index in [-0.39, 0.29) is 53.5 Å². The summed E-state index contributed by atoms with van der Waals surface area (Å²) in [5.41, 5.74) is -0.737. The van der Waals surface area contributed by atoms with E-state index >= 15 is 0 Å². The van der Waals surface area contributed by atoms with Gasteiger partial charge >= 0.3 is 5.97 Å². The van der Waals surface area contributed by atoms with Crippen LogP contribution in [0.15, 0.2) is 28.2 Å². The molecule has 0 bridgehead atoms. The molecule has 1 aromatic rings. The number of furan rings is 1. The molecule has 4 fully saturated rings. The zero-order valence-electron chi connectivity index (χ0n) is 19.7. The molecule has 1 saturated heterocycles. The van der Waals surface area contributed by atoms with Crippen molar-refractivity contribution in [2.24, 2.45) is 22.7 Å². The first kappa shape index (κ1) is 21.6. The van der Waals surface area contributed by atoms with Crippen molar-refractivity contribution in [3.8, 4) is 0 Å². The topological polar surface area (TPSA) is 100 Å².